The predicted octanol–water partition coefficient (Wildman–Crippen LogP) is 6.85. The summed E-state index contributed by atoms with van der Waals surface area (Å²) < 4.78 is 30.8. The summed E-state index contributed by atoms with van der Waals surface area (Å²) in [5, 5.41) is 23.9. The van der Waals surface area contributed by atoms with Gasteiger partial charge < -0.3 is 5.11 Å². The van der Waals surface area contributed by atoms with Crippen molar-refractivity contribution in [1.82, 2.24) is 5.32 Å². The lowest BCUT2D eigenvalue weighted by Crippen LogP contribution is -2.46. The molecule has 4 nitrogen and oxygen atoms in total. The molecule has 1 aliphatic rings. The monoisotopic (exact) mass is 508 g/mol. The van der Waals surface area contributed by atoms with Crippen LogP contribution in [0.15, 0.2) is 36.4 Å². The molecule has 2 unspecified atom stereocenters. The Balaban J connectivity index is 2.37. The minimum atomic E-state index is -1.73. The van der Waals surface area contributed by atoms with Crippen LogP contribution in [0.4, 0.5) is 8.78 Å². The summed E-state index contributed by atoms with van der Waals surface area (Å²) in [4.78, 5) is 12.4. The number of aliphatic carboxylic acids is 1. The molecule has 2 aromatic carbocycles. The average Bonchev–Trinajstić information content (AvgIpc) is 3.14. The summed E-state index contributed by atoms with van der Waals surface area (Å²) in [6.45, 7) is 6.13. The maximum Gasteiger partial charge on any atom is 0.321 e. The molecule has 4 atom stereocenters. The molecular formula is C26H28Cl2F2N2O2. The number of hydrogen-bond donors (Lipinski definition) is 2. The zero-order valence-corrected chi connectivity index (χ0v) is 20.9. The number of carboxylic acid groups (broad SMARTS) is 1. The average molecular weight is 509 g/mol. The number of nitrogens with one attached hydrogen (secondary N) is 1. The molecule has 182 valence electrons. The summed E-state index contributed by atoms with van der Waals surface area (Å²) in [5.41, 5.74) is -2.00. The Morgan fingerprint density at radius 2 is 1.82 bits per heavy atom. The molecule has 34 heavy (non-hydrogen) atoms. The second-order valence-corrected chi connectivity index (χ2v) is 9.87. The number of halogens is 4. The van der Waals surface area contributed by atoms with E-state index in [1.54, 1.807) is 0 Å². The summed E-state index contributed by atoms with van der Waals surface area (Å²) in [5.74, 6) is -4.05. The number of nitriles is 1. The first-order valence-electron chi connectivity index (χ1n) is 11.4. The highest BCUT2D eigenvalue weighted by atomic mass is 35.5. The molecule has 2 N–H and O–H groups in total. The molecule has 0 aliphatic carbocycles. The third-order valence-electron chi connectivity index (χ3n) is 7.79. The Kier molecular flexibility index (Phi) is 7.92. The van der Waals surface area contributed by atoms with Gasteiger partial charge in [-0.2, -0.15) is 5.26 Å². The van der Waals surface area contributed by atoms with Crippen molar-refractivity contribution in [2.24, 2.45) is 5.41 Å². The highest BCUT2D eigenvalue weighted by Crippen LogP contribution is 2.53. The third-order valence-corrected chi connectivity index (χ3v) is 8.31. The Morgan fingerprint density at radius 3 is 2.35 bits per heavy atom. The maximum atomic E-state index is 15.5. The second-order valence-electron chi connectivity index (χ2n) is 9.03. The lowest BCUT2D eigenvalue weighted by Gasteiger charge is -2.40. The van der Waals surface area contributed by atoms with Crippen molar-refractivity contribution in [1.29, 1.82) is 5.26 Å². The topological polar surface area (TPSA) is 73.1 Å². The van der Waals surface area contributed by atoms with Crippen LogP contribution >= 0.6 is 23.2 Å². The number of carboxylic acids is 1. The van der Waals surface area contributed by atoms with Gasteiger partial charge in [-0.25, -0.2) is 8.78 Å². The van der Waals surface area contributed by atoms with Crippen molar-refractivity contribution >= 4 is 29.2 Å². The zero-order chi connectivity index (χ0) is 25.3. The second kappa shape index (κ2) is 10.2. The SMILES string of the molecule is CCC(CC)(CC)C[C@@H]1N[C@@H](C(=O)O)C(c2cccc(Cl)c2F)C1(C#N)c1ccc(Cl)cc1F. The Hall–Kier alpha value is -2.20. The van der Waals surface area contributed by atoms with Gasteiger partial charge in [0.1, 0.15) is 23.1 Å². The molecule has 1 saturated heterocycles. The molecule has 0 radical (unpaired) electrons. The van der Waals surface area contributed by atoms with Gasteiger partial charge in [0.05, 0.1) is 11.1 Å². The van der Waals surface area contributed by atoms with Gasteiger partial charge in [-0.15, -0.1) is 0 Å². The third kappa shape index (κ3) is 4.30. The van der Waals surface area contributed by atoms with E-state index < -0.39 is 41.0 Å². The first-order valence-corrected chi connectivity index (χ1v) is 12.2. The quantitative estimate of drug-likeness (QED) is 0.408. The smallest absolute Gasteiger partial charge is 0.321 e. The van der Waals surface area contributed by atoms with Crippen molar-refractivity contribution in [3.63, 3.8) is 0 Å². The Morgan fingerprint density at radius 1 is 1.18 bits per heavy atom. The Bertz CT molecular complexity index is 1110. The molecule has 1 aliphatic heterocycles. The fraction of sp³-hybridized carbons (Fsp3) is 0.462. The fourth-order valence-corrected chi connectivity index (χ4v) is 5.89. The fourth-order valence-electron chi connectivity index (χ4n) is 5.55. The number of hydrogen-bond acceptors (Lipinski definition) is 3. The van der Waals surface area contributed by atoms with E-state index in [2.05, 4.69) is 11.4 Å². The van der Waals surface area contributed by atoms with Crippen molar-refractivity contribution in [2.75, 3.05) is 0 Å². The molecule has 0 amide bonds. The van der Waals surface area contributed by atoms with Crippen LogP contribution < -0.4 is 5.32 Å². The van der Waals surface area contributed by atoms with Crippen LogP contribution in [0.2, 0.25) is 10.0 Å². The Labute approximate surface area is 208 Å². The van der Waals surface area contributed by atoms with E-state index in [1.807, 2.05) is 20.8 Å². The van der Waals surface area contributed by atoms with Gasteiger partial charge in [0.25, 0.3) is 0 Å². The molecule has 2 aromatic rings. The van der Waals surface area contributed by atoms with Crippen LogP contribution in [0.5, 0.6) is 0 Å². The minimum Gasteiger partial charge on any atom is -0.480 e. The van der Waals surface area contributed by atoms with E-state index in [4.69, 9.17) is 23.2 Å². The van der Waals surface area contributed by atoms with Gasteiger partial charge in [0, 0.05) is 22.5 Å². The van der Waals surface area contributed by atoms with Gasteiger partial charge in [-0.3, -0.25) is 10.1 Å². The summed E-state index contributed by atoms with van der Waals surface area (Å²) in [6.07, 6.45) is 2.78. The van der Waals surface area contributed by atoms with Crippen molar-refractivity contribution in [3.05, 3.63) is 69.2 Å². The van der Waals surface area contributed by atoms with Crippen LogP contribution in [-0.2, 0) is 10.2 Å². The van der Waals surface area contributed by atoms with E-state index in [9.17, 15) is 15.2 Å². The van der Waals surface area contributed by atoms with E-state index in [0.29, 0.717) is 6.42 Å². The molecule has 8 heteroatoms. The molecule has 1 fully saturated rings. The van der Waals surface area contributed by atoms with Crippen molar-refractivity contribution in [2.45, 2.75) is 69.9 Å². The van der Waals surface area contributed by atoms with E-state index in [1.165, 1.54) is 30.3 Å². The number of rotatable bonds is 8. The van der Waals surface area contributed by atoms with Gasteiger partial charge >= 0.3 is 5.97 Å². The molecule has 0 saturated carbocycles. The van der Waals surface area contributed by atoms with Gasteiger partial charge in [0.2, 0.25) is 0 Å². The number of benzene rings is 2. The first kappa shape index (κ1) is 26.4. The van der Waals surface area contributed by atoms with Crippen molar-refractivity contribution in [3.8, 4) is 6.07 Å². The minimum absolute atomic E-state index is 0.0118. The van der Waals surface area contributed by atoms with Gasteiger partial charge in [-0.1, -0.05) is 81.4 Å². The lowest BCUT2D eigenvalue weighted by molar-refractivity contribution is -0.139. The van der Waals surface area contributed by atoms with Crippen LogP contribution in [-0.4, -0.2) is 23.2 Å². The summed E-state index contributed by atoms with van der Waals surface area (Å²) in [6, 6.07) is 8.39. The largest absolute Gasteiger partial charge is 0.480 e. The molecular weight excluding hydrogens is 481 g/mol. The van der Waals surface area contributed by atoms with Crippen LogP contribution in [0.1, 0.15) is 63.5 Å². The summed E-state index contributed by atoms with van der Waals surface area (Å²) in [7, 11) is 0. The summed E-state index contributed by atoms with van der Waals surface area (Å²) >= 11 is 12.0. The van der Waals surface area contributed by atoms with Gasteiger partial charge in [-0.05, 0) is 35.6 Å². The van der Waals surface area contributed by atoms with E-state index in [-0.39, 0.29) is 26.6 Å². The molecule has 0 aromatic heterocycles. The van der Waals surface area contributed by atoms with Crippen LogP contribution in [0.3, 0.4) is 0 Å². The number of nitrogens with zero attached hydrogens (tertiary/aromatic N) is 1. The lowest BCUT2D eigenvalue weighted by atomic mass is 9.61. The normalized spacial score (nSPS) is 24.7. The predicted molar refractivity (Wildman–Crippen MR) is 129 cm³/mol. The van der Waals surface area contributed by atoms with E-state index >= 15 is 8.78 Å². The highest BCUT2D eigenvalue weighted by Gasteiger charge is 2.61. The highest BCUT2D eigenvalue weighted by molar-refractivity contribution is 6.31. The molecule has 0 spiro atoms. The van der Waals surface area contributed by atoms with Crippen molar-refractivity contribution < 1.29 is 18.7 Å². The molecule has 0 bridgehead atoms. The number of carbonyl (C=O) groups is 1. The first-order chi connectivity index (χ1) is 16.1. The molecule has 1 heterocycles. The zero-order valence-electron chi connectivity index (χ0n) is 19.3. The van der Waals surface area contributed by atoms with E-state index in [0.717, 1.165) is 25.3 Å². The van der Waals surface area contributed by atoms with Crippen LogP contribution in [0, 0.1) is 28.4 Å². The molecule has 3 rings (SSSR count). The maximum absolute atomic E-state index is 15.5. The van der Waals surface area contributed by atoms with Gasteiger partial charge in [0.15, 0.2) is 0 Å². The van der Waals surface area contributed by atoms with Crippen LogP contribution in [0.25, 0.3) is 0 Å². The standard InChI is InChI=1S/C26H28Cl2F2N2O2/c1-4-25(5-2,6-3)13-20-26(14-31,17-11-10-15(27)12-19(17)29)21(23(32-20)24(33)34)16-8-7-9-18(28)22(16)30/h7-12,20-21,23,32H,4-6,13H2,1-3H3,(H,33,34)/t20-,21?,23+,26?/m0/s1.